The minimum absolute atomic E-state index is 0.358. The minimum Gasteiger partial charge on any atom is -0.342 e. The van der Waals surface area contributed by atoms with Gasteiger partial charge in [0.25, 0.3) is 0 Å². The van der Waals surface area contributed by atoms with Crippen molar-refractivity contribution in [3.05, 3.63) is 35.4 Å². The number of benzene rings is 1. The molecule has 3 fully saturated rings. The van der Waals surface area contributed by atoms with Crippen LogP contribution in [0.4, 0.5) is 0 Å². The molecule has 2 saturated heterocycles. The molecule has 4 heteroatoms. The van der Waals surface area contributed by atoms with Crippen molar-refractivity contribution in [1.29, 1.82) is 0 Å². The van der Waals surface area contributed by atoms with Gasteiger partial charge in [-0.25, -0.2) is 0 Å². The normalized spacial score (nSPS) is 23.0. The standard InChI is InChI=1S/C25H39N3O/c1-21-6-8-22(9-7-21)10-11-23-12-14-28(15-13-23)25(29)20-26-16-18-27(19-17-26)24-4-2-3-5-24/h6-9,23-24H,2-5,10-20H2,1H3. The van der Waals surface area contributed by atoms with E-state index < -0.39 is 0 Å². The summed E-state index contributed by atoms with van der Waals surface area (Å²) in [5.74, 6) is 1.13. The van der Waals surface area contributed by atoms with Crippen molar-refractivity contribution in [3.63, 3.8) is 0 Å². The molecule has 0 bridgehead atoms. The van der Waals surface area contributed by atoms with E-state index in [1.165, 1.54) is 62.5 Å². The number of piperidine rings is 1. The average molecular weight is 398 g/mol. The number of aryl methyl sites for hydroxylation is 2. The molecule has 0 unspecified atom stereocenters. The summed E-state index contributed by atoms with van der Waals surface area (Å²) in [4.78, 5) is 20.0. The Balaban J connectivity index is 1.13. The van der Waals surface area contributed by atoms with Crippen molar-refractivity contribution in [2.24, 2.45) is 5.92 Å². The van der Waals surface area contributed by atoms with Crippen LogP contribution in [0.3, 0.4) is 0 Å². The van der Waals surface area contributed by atoms with Crippen LogP contribution < -0.4 is 0 Å². The molecule has 0 aromatic heterocycles. The Bertz CT molecular complexity index is 637. The van der Waals surface area contributed by atoms with Crippen LogP contribution >= 0.6 is 0 Å². The number of likely N-dealkylation sites (tertiary alicyclic amines) is 1. The largest absolute Gasteiger partial charge is 0.342 e. The maximum absolute atomic E-state index is 12.8. The summed E-state index contributed by atoms with van der Waals surface area (Å²) in [6.45, 7) is 9.13. The Morgan fingerprint density at radius 1 is 0.897 bits per heavy atom. The van der Waals surface area contributed by atoms with E-state index in [1.54, 1.807) is 0 Å². The highest BCUT2D eigenvalue weighted by atomic mass is 16.2. The number of carbonyl (C=O) groups is 1. The third-order valence-corrected chi connectivity index (χ3v) is 7.54. The fraction of sp³-hybridized carbons (Fsp3) is 0.720. The van der Waals surface area contributed by atoms with Crippen LogP contribution in [-0.4, -0.2) is 72.5 Å². The van der Waals surface area contributed by atoms with Gasteiger partial charge in [-0.05, 0) is 56.9 Å². The molecule has 29 heavy (non-hydrogen) atoms. The van der Waals surface area contributed by atoms with E-state index >= 15 is 0 Å². The highest BCUT2D eigenvalue weighted by Crippen LogP contribution is 2.25. The van der Waals surface area contributed by atoms with Gasteiger partial charge < -0.3 is 4.90 Å². The molecule has 1 aromatic rings. The molecule has 1 aromatic carbocycles. The number of carbonyl (C=O) groups excluding carboxylic acids is 1. The number of hydrogen-bond acceptors (Lipinski definition) is 3. The second-order valence-electron chi connectivity index (χ2n) is 9.60. The fourth-order valence-electron chi connectivity index (χ4n) is 5.44. The van der Waals surface area contributed by atoms with Crippen molar-refractivity contribution in [2.75, 3.05) is 45.8 Å². The molecule has 0 atom stereocenters. The quantitative estimate of drug-likeness (QED) is 0.732. The van der Waals surface area contributed by atoms with Crippen LogP contribution in [0.25, 0.3) is 0 Å². The third-order valence-electron chi connectivity index (χ3n) is 7.54. The minimum atomic E-state index is 0.358. The highest BCUT2D eigenvalue weighted by molar-refractivity contribution is 5.78. The molecule has 0 N–H and O–H groups in total. The Labute approximate surface area is 177 Å². The van der Waals surface area contributed by atoms with E-state index in [4.69, 9.17) is 0 Å². The van der Waals surface area contributed by atoms with Gasteiger partial charge >= 0.3 is 0 Å². The van der Waals surface area contributed by atoms with Crippen LogP contribution in [0.2, 0.25) is 0 Å². The summed E-state index contributed by atoms with van der Waals surface area (Å²) in [6, 6.07) is 9.78. The predicted octanol–water partition coefficient (Wildman–Crippen LogP) is 3.73. The van der Waals surface area contributed by atoms with Gasteiger partial charge in [-0.2, -0.15) is 0 Å². The van der Waals surface area contributed by atoms with Crippen LogP contribution in [-0.2, 0) is 11.2 Å². The number of hydrogen-bond donors (Lipinski definition) is 0. The average Bonchev–Trinajstić information content (AvgIpc) is 3.29. The molecule has 2 aliphatic heterocycles. The van der Waals surface area contributed by atoms with Crippen LogP contribution in [0.15, 0.2) is 24.3 Å². The highest BCUT2D eigenvalue weighted by Gasteiger charge is 2.28. The van der Waals surface area contributed by atoms with E-state index in [-0.39, 0.29) is 0 Å². The van der Waals surface area contributed by atoms with E-state index in [1.807, 2.05) is 0 Å². The van der Waals surface area contributed by atoms with E-state index in [9.17, 15) is 4.79 Å². The van der Waals surface area contributed by atoms with Gasteiger partial charge in [0, 0.05) is 45.3 Å². The van der Waals surface area contributed by atoms with Crippen molar-refractivity contribution in [1.82, 2.24) is 14.7 Å². The predicted molar refractivity (Wildman–Crippen MR) is 119 cm³/mol. The molecule has 0 spiro atoms. The monoisotopic (exact) mass is 397 g/mol. The Morgan fingerprint density at radius 2 is 1.55 bits per heavy atom. The molecule has 0 radical (unpaired) electrons. The zero-order chi connectivity index (χ0) is 20.1. The summed E-state index contributed by atoms with van der Waals surface area (Å²) in [6.07, 6.45) is 10.4. The Kier molecular flexibility index (Phi) is 7.25. The smallest absolute Gasteiger partial charge is 0.236 e. The number of nitrogens with zero attached hydrogens (tertiary/aromatic N) is 3. The van der Waals surface area contributed by atoms with E-state index in [0.717, 1.165) is 51.2 Å². The first-order valence-corrected chi connectivity index (χ1v) is 12.0. The lowest BCUT2D eigenvalue weighted by atomic mass is 9.90. The van der Waals surface area contributed by atoms with Gasteiger partial charge in [0.1, 0.15) is 0 Å². The first-order chi connectivity index (χ1) is 14.2. The van der Waals surface area contributed by atoms with Gasteiger partial charge in [0.2, 0.25) is 5.91 Å². The second kappa shape index (κ2) is 10.1. The van der Waals surface area contributed by atoms with E-state index in [2.05, 4.69) is 45.9 Å². The molecule has 4 rings (SSSR count). The zero-order valence-corrected chi connectivity index (χ0v) is 18.3. The second-order valence-corrected chi connectivity index (χ2v) is 9.60. The lowest BCUT2D eigenvalue weighted by Gasteiger charge is -2.39. The molecule has 1 amide bonds. The summed E-state index contributed by atoms with van der Waals surface area (Å²) in [5, 5.41) is 0. The maximum atomic E-state index is 12.8. The molecule has 1 saturated carbocycles. The number of rotatable bonds is 6. The molecular formula is C25H39N3O. The SMILES string of the molecule is Cc1ccc(CCC2CCN(C(=O)CN3CCN(C4CCCC4)CC3)CC2)cc1. The summed E-state index contributed by atoms with van der Waals surface area (Å²) in [5.41, 5.74) is 2.78. The van der Waals surface area contributed by atoms with E-state index in [0.29, 0.717) is 12.5 Å². The van der Waals surface area contributed by atoms with Gasteiger partial charge in [-0.15, -0.1) is 0 Å². The third kappa shape index (κ3) is 5.82. The number of piperazine rings is 1. The van der Waals surface area contributed by atoms with Crippen molar-refractivity contribution in [3.8, 4) is 0 Å². The summed E-state index contributed by atoms with van der Waals surface area (Å²) >= 11 is 0. The maximum Gasteiger partial charge on any atom is 0.236 e. The van der Waals surface area contributed by atoms with Crippen LogP contribution in [0.5, 0.6) is 0 Å². The lowest BCUT2D eigenvalue weighted by molar-refractivity contribution is -0.134. The zero-order valence-electron chi connectivity index (χ0n) is 18.3. The molecule has 4 nitrogen and oxygen atoms in total. The van der Waals surface area contributed by atoms with Crippen molar-refractivity contribution >= 4 is 5.91 Å². The Morgan fingerprint density at radius 3 is 2.21 bits per heavy atom. The lowest BCUT2D eigenvalue weighted by Crippen LogP contribution is -2.52. The molecular weight excluding hydrogens is 358 g/mol. The molecule has 160 valence electrons. The van der Waals surface area contributed by atoms with Crippen molar-refractivity contribution in [2.45, 2.75) is 64.3 Å². The van der Waals surface area contributed by atoms with Gasteiger partial charge in [0.15, 0.2) is 0 Å². The fourth-order valence-corrected chi connectivity index (χ4v) is 5.44. The van der Waals surface area contributed by atoms with Gasteiger partial charge in [-0.3, -0.25) is 14.6 Å². The summed E-state index contributed by atoms with van der Waals surface area (Å²) < 4.78 is 0. The van der Waals surface area contributed by atoms with Crippen LogP contribution in [0, 0.1) is 12.8 Å². The van der Waals surface area contributed by atoms with Crippen LogP contribution in [0.1, 0.15) is 56.1 Å². The Hall–Kier alpha value is -1.39. The molecule has 2 heterocycles. The first kappa shape index (κ1) is 20.9. The van der Waals surface area contributed by atoms with Crippen molar-refractivity contribution < 1.29 is 4.79 Å². The van der Waals surface area contributed by atoms with Gasteiger partial charge in [0.05, 0.1) is 6.54 Å². The summed E-state index contributed by atoms with van der Waals surface area (Å²) in [7, 11) is 0. The first-order valence-electron chi connectivity index (χ1n) is 12.0. The van der Waals surface area contributed by atoms with Gasteiger partial charge in [-0.1, -0.05) is 42.7 Å². The topological polar surface area (TPSA) is 26.8 Å². The molecule has 3 aliphatic rings. The molecule has 1 aliphatic carbocycles. The number of amides is 1.